The number of carbonyl (C=O) groups is 1. The van der Waals surface area contributed by atoms with Crippen LogP contribution in [-0.4, -0.2) is 23.7 Å². The fourth-order valence-corrected chi connectivity index (χ4v) is 3.00. The molecule has 1 heterocycles. The van der Waals surface area contributed by atoms with Crippen molar-refractivity contribution in [3.05, 3.63) is 40.2 Å². The van der Waals surface area contributed by atoms with Crippen molar-refractivity contribution in [2.24, 2.45) is 0 Å². The molecule has 0 spiro atoms. The lowest BCUT2D eigenvalue weighted by molar-refractivity contribution is -0.116. The van der Waals surface area contributed by atoms with Crippen molar-refractivity contribution in [1.29, 1.82) is 0 Å². The van der Waals surface area contributed by atoms with E-state index in [-0.39, 0.29) is 12.5 Å². The normalized spacial score (nSPS) is 13.0. The third kappa shape index (κ3) is 3.56. The van der Waals surface area contributed by atoms with Gasteiger partial charge in [-0.15, -0.1) is 11.3 Å². The summed E-state index contributed by atoms with van der Waals surface area (Å²) >= 11 is 7.80. The molecule has 1 aromatic heterocycles. The molecule has 0 aliphatic rings. The van der Waals surface area contributed by atoms with Gasteiger partial charge in [-0.3, -0.25) is 4.79 Å². The van der Waals surface area contributed by atoms with E-state index in [9.17, 15) is 4.79 Å². The predicted octanol–water partition coefficient (Wildman–Crippen LogP) is 3.06. The average Bonchev–Trinajstić information content (AvgIpc) is 2.71. The Bertz CT molecular complexity index is 619. The monoisotopic (exact) mass is 295 g/mol. The molecule has 3 nitrogen and oxygen atoms in total. The highest BCUT2D eigenvalue weighted by Gasteiger charge is 2.07. The second kappa shape index (κ2) is 6.19. The van der Waals surface area contributed by atoms with Gasteiger partial charge in [0.05, 0.1) is 11.1 Å². The Balaban J connectivity index is 2.13. The number of aliphatic hydroxyl groups is 1. The molecule has 0 aliphatic carbocycles. The summed E-state index contributed by atoms with van der Waals surface area (Å²) in [6.07, 6.45) is 2.58. The molecular formula is C14H14ClNO2S. The summed E-state index contributed by atoms with van der Waals surface area (Å²) in [6, 6.07) is 7.84. The molecule has 0 saturated carbocycles. The number of aliphatic hydroxyl groups excluding tert-OH is 1. The third-order valence-corrected chi connectivity index (χ3v) is 4.17. The molecule has 19 heavy (non-hydrogen) atoms. The smallest absolute Gasteiger partial charge is 0.244 e. The Labute approximate surface area is 120 Å². The van der Waals surface area contributed by atoms with Gasteiger partial charge < -0.3 is 10.4 Å². The summed E-state index contributed by atoms with van der Waals surface area (Å²) < 4.78 is 1.09. The zero-order valence-corrected chi connectivity index (χ0v) is 12.0. The Morgan fingerprint density at radius 1 is 1.53 bits per heavy atom. The van der Waals surface area contributed by atoms with Crippen molar-refractivity contribution in [1.82, 2.24) is 5.32 Å². The molecule has 0 saturated heterocycles. The number of benzene rings is 1. The van der Waals surface area contributed by atoms with Crippen molar-refractivity contribution in [3.8, 4) is 0 Å². The van der Waals surface area contributed by atoms with E-state index in [0.29, 0.717) is 5.02 Å². The van der Waals surface area contributed by atoms with Crippen LogP contribution in [0.5, 0.6) is 0 Å². The van der Waals surface area contributed by atoms with Gasteiger partial charge in [0.2, 0.25) is 5.91 Å². The molecule has 100 valence electrons. The average molecular weight is 296 g/mol. The molecule has 1 aromatic carbocycles. The quantitative estimate of drug-likeness (QED) is 0.852. The van der Waals surface area contributed by atoms with E-state index in [4.69, 9.17) is 16.7 Å². The number of fused-ring (bicyclic) bond motifs is 1. The summed E-state index contributed by atoms with van der Waals surface area (Å²) in [5.41, 5.74) is 0. The van der Waals surface area contributed by atoms with Crippen LogP contribution >= 0.6 is 22.9 Å². The summed E-state index contributed by atoms with van der Waals surface area (Å²) in [7, 11) is 0. The molecule has 5 heteroatoms. The second-order valence-corrected chi connectivity index (χ2v) is 5.67. The Morgan fingerprint density at radius 2 is 2.26 bits per heavy atom. The number of carbonyl (C=O) groups excluding carboxylic acids is 1. The van der Waals surface area contributed by atoms with E-state index in [1.807, 2.05) is 24.3 Å². The number of hydrogen-bond donors (Lipinski definition) is 2. The Morgan fingerprint density at radius 3 is 2.95 bits per heavy atom. The lowest BCUT2D eigenvalue weighted by atomic mass is 10.2. The largest absolute Gasteiger partial charge is 0.392 e. The van der Waals surface area contributed by atoms with Crippen LogP contribution in [-0.2, 0) is 4.79 Å². The highest BCUT2D eigenvalue weighted by Crippen LogP contribution is 2.35. The molecule has 2 N–H and O–H groups in total. The van der Waals surface area contributed by atoms with Gasteiger partial charge >= 0.3 is 0 Å². The highest BCUT2D eigenvalue weighted by atomic mass is 35.5. The molecule has 1 atom stereocenters. The van der Waals surface area contributed by atoms with Crippen LogP contribution in [0.25, 0.3) is 16.2 Å². The molecule has 0 bridgehead atoms. The predicted molar refractivity (Wildman–Crippen MR) is 80.6 cm³/mol. The maximum Gasteiger partial charge on any atom is 0.244 e. The van der Waals surface area contributed by atoms with E-state index in [2.05, 4.69) is 5.32 Å². The van der Waals surface area contributed by atoms with Crippen molar-refractivity contribution < 1.29 is 9.90 Å². The summed E-state index contributed by atoms with van der Waals surface area (Å²) in [5, 5.41) is 13.3. The summed E-state index contributed by atoms with van der Waals surface area (Å²) in [5.74, 6) is -0.241. The lowest BCUT2D eigenvalue weighted by Crippen LogP contribution is -2.28. The molecule has 0 radical (unpaired) electrons. The first-order valence-electron chi connectivity index (χ1n) is 5.89. The summed E-state index contributed by atoms with van der Waals surface area (Å²) in [4.78, 5) is 12.4. The first kappa shape index (κ1) is 14.1. The van der Waals surface area contributed by atoms with Gasteiger partial charge in [0.1, 0.15) is 0 Å². The minimum atomic E-state index is -0.551. The molecular weight excluding hydrogens is 282 g/mol. The van der Waals surface area contributed by atoms with Crippen LogP contribution in [0.3, 0.4) is 0 Å². The number of halogens is 1. The number of hydrogen-bond acceptors (Lipinski definition) is 3. The first-order chi connectivity index (χ1) is 9.08. The third-order valence-electron chi connectivity index (χ3n) is 2.52. The highest BCUT2D eigenvalue weighted by molar-refractivity contribution is 7.20. The van der Waals surface area contributed by atoms with Gasteiger partial charge in [0.15, 0.2) is 0 Å². The van der Waals surface area contributed by atoms with E-state index in [1.165, 1.54) is 6.08 Å². The van der Waals surface area contributed by atoms with Crippen LogP contribution in [0.1, 0.15) is 11.8 Å². The van der Waals surface area contributed by atoms with Gasteiger partial charge in [0, 0.05) is 27.6 Å². The second-order valence-electron chi connectivity index (χ2n) is 4.20. The van der Waals surface area contributed by atoms with Crippen LogP contribution in [0.4, 0.5) is 0 Å². The first-order valence-corrected chi connectivity index (χ1v) is 7.08. The zero-order chi connectivity index (χ0) is 13.8. The van der Waals surface area contributed by atoms with Gasteiger partial charge in [-0.2, -0.15) is 0 Å². The molecule has 2 aromatic rings. The van der Waals surface area contributed by atoms with Gasteiger partial charge in [-0.05, 0) is 19.1 Å². The van der Waals surface area contributed by atoms with Gasteiger partial charge in [-0.25, -0.2) is 0 Å². The van der Waals surface area contributed by atoms with Crippen molar-refractivity contribution >= 4 is 45.0 Å². The topological polar surface area (TPSA) is 49.3 Å². The number of thiophene rings is 1. The van der Waals surface area contributed by atoms with E-state index >= 15 is 0 Å². The van der Waals surface area contributed by atoms with Crippen molar-refractivity contribution in [2.75, 3.05) is 6.54 Å². The van der Waals surface area contributed by atoms with Crippen LogP contribution in [0, 0.1) is 0 Å². The maximum absolute atomic E-state index is 11.5. The summed E-state index contributed by atoms with van der Waals surface area (Å²) in [6.45, 7) is 1.86. The SMILES string of the molecule is CC(O)CNC(=O)/C=C/c1sc2ccccc2c1Cl. The fourth-order valence-electron chi connectivity index (χ4n) is 1.60. The maximum atomic E-state index is 11.5. The number of amides is 1. The molecule has 2 rings (SSSR count). The molecule has 1 amide bonds. The van der Waals surface area contributed by atoms with E-state index in [1.54, 1.807) is 24.3 Å². The van der Waals surface area contributed by atoms with Gasteiger partial charge in [-0.1, -0.05) is 29.8 Å². The Hall–Kier alpha value is -1.36. The molecule has 0 aliphatic heterocycles. The minimum Gasteiger partial charge on any atom is -0.392 e. The van der Waals surface area contributed by atoms with Gasteiger partial charge in [0.25, 0.3) is 0 Å². The van der Waals surface area contributed by atoms with Crippen LogP contribution < -0.4 is 5.32 Å². The van der Waals surface area contributed by atoms with Crippen molar-refractivity contribution in [3.63, 3.8) is 0 Å². The number of rotatable bonds is 4. The van der Waals surface area contributed by atoms with Crippen LogP contribution in [0.2, 0.25) is 5.02 Å². The zero-order valence-electron chi connectivity index (χ0n) is 10.4. The standard InChI is InChI=1S/C14H14ClNO2S/c1-9(17)8-16-13(18)7-6-12-14(15)10-4-2-3-5-11(10)19-12/h2-7,9,17H,8H2,1H3,(H,16,18)/b7-6+. The van der Waals surface area contributed by atoms with E-state index in [0.717, 1.165) is 15.0 Å². The fraction of sp³-hybridized carbons (Fsp3) is 0.214. The molecule has 1 unspecified atom stereocenters. The minimum absolute atomic E-state index is 0.239. The van der Waals surface area contributed by atoms with Crippen LogP contribution in [0.15, 0.2) is 30.3 Å². The van der Waals surface area contributed by atoms with Crippen molar-refractivity contribution in [2.45, 2.75) is 13.0 Å². The van der Waals surface area contributed by atoms with E-state index < -0.39 is 6.10 Å². The lowest BCUT2D eigenvalue weighted by Gasteiger charge is -2.03. The number of nitrogens with one attached hydrogen (secondary N) is 1. The molecule has 0 fully saturated rings. The Kier molecular flexibility index (Phi) is 4.58.